The maximum Gasteiger partial charge on any atom is 0.417 e. The Morgan fingerprint density at radius 1 is 0.906 bits per heavy atom. The van der Waals surface area contributed by atoms with Crippen molar-refractivity contribution in [2.45, 2.75) is 18.8 Å². The molecule has 4 rings (SSSR count). The quantitative estimate of drug-likeness (QED) is 0.565. The molecule has 32 heavy (non-hydrogen) atoms. The molecule has 0 aliphatic carbocycles. The molecule has 0 unspecified atom stereocenters. The van der Waals surface area contributed by atoms with Crippen LogP contribution in [-0.4, -0.2) is 56.8 Å². The molecular formula is C19H16F6N6O. The summed E-state index contributed by atoms with van der Waals surface area (Å²) in [5.74, 6) is 0.196. The number of alkyl halides is 6. The van der Waals surface area contributed by atoms with E-state index in [1.54, 1.807) is 12.1 Å². The van der Waals surface area contributed by atoms with Crippen LogP contribution in [-0.2, 0) is 23.6 Å². The number of benzene rings is 1. The Balaban J connectivity index is 1.42. The fourth-order valence-corrected chi connectivity index (χ4v) is 3.54. The maximum absolute atomic E-state index is 13.1. The third-order valence-corrected chi connectivity index (χ3v) is 5.15. The lowest BCUT2D eigenvalue weighted by Gasteiger charge is -2.35. The molecule has 1 saturated heterocycles. The summed E-state index contributed by atoms with van der Waals surface area (Å²) in [6, 6.07) is 5.19. The number of nitrogens with zero attached hydrogens (tertiary/aromatic N) is 6. The molecule has 1 aliphatic heterocycles. The number of hydrogen-bond donors (Lipinski definition) is 0. The van der Waals surface area contributed by atoms with Crippen molar-refractivity contribution in [2.75, 3.05) is 31.1 Å². The first kappa shape index (κ1) is 21.8. The summed E-state index contributed by atoms with van der Waals surface area (Å²) in [4.78, 5) is 16.0. The molecule has 170 valence electrons. The van der Waals surface area contributed by atoms with Gasteiger partial charge in [-0.1, -0.05) is 6.07 Å². The van der Waals surface area contributed by atoms with E-state index >= 15 is 0 Å². The van der Waals surface area contributed by atoms with Gasteiger partial charge in [0.1, 0.15) is 12.1 Å². The molecule has 0 radical (unpaired) electrons. The lowest BCUT2D eigenvalue weighted by molar-refractivity contribution is -0.162. The van der Waals surface area contributed by atoms with Gasteiger partial charge in [0.15, 0.2) is 5.65 Å². The average molecular weight is 458 g/mol. The van der Waals surface area contributed by atoms with Gasteiger partial charge in [-0.15, -0.1) is 15.3 Å². The molecule has 7 nitrogen and oxygen atoms in total. The third kappa shape index (κ3) is 4.46. The van der Waals surface area contributed by atoms with Crippen LogP contribution in [0.1, 0.15) is 16.7 Å². The van der Waals surface area contributed by atoms with E-state index in [4.69, 9.17) is 0 Å². The number of fused-ring (bicyclic) bond motifs is 1. The monoisotopic (exact) mass is 458 g/mol. The van der Waals surface area contributed by atoms with Crippen LogP contribution in [0.4, 0.5) is 32.2 Å². The van der Waals surface area contributed by atoms with E-state index in [0.29, 0.717) is 49.8 Å². The van der Waals surface area contributed by atoms with Crippen molar-refractivity contribution in [3.63, 3.8) is 0 Å². The zero-order valence-electron chi connectivity index (χ0n) is 16.4. The summed E-state index contributed by atoms with van der Waals surface area (Å²) < 4.78 is 79.6. The third-order valence-electron chi connectivity index (χ3n) is 5.15. The Hall–Kier alpha value is -3.38. The Bertz CT molecular complexity index is 1130. The van der Waals surface area contributed by atoms with E-state index in [1.165, 1.54) is 15.7 Å². The number of aromatic nitrogens is 4. The second kappa shape index (κ2) is 7.95. The van der Waals surface area contributed by atoms with Gasteiger partial charge < -0.3 is 9.80 Å². The number of carbonyl (C=O) groups is 1. The first-order valence-electron chi connectivity index (χ1n) is 9.49. The van der Waals surface area contributed by atoms with Crippen LogP contribution in [0, 0.1) is 0 Å². The van der Waals surface area contributed by atoms with Crippen LogP contribution >= 0.6 is 0 Å². The predicted molar refractivity (Wildman–Crippen MR) is 99.7 cm³/mol. The van der Waals surface area contributed by atoms with E-state index in [2.05, 4.69) is 15.3 Å². The van der Waals surface area contributed by atoms with Crippen molar-refractivity contribution in [2.24, 2.45) is 0 Å². The minimum absolute atomic E-state index is 0.127. The highest BCUT2D eigenvalue weighted by Gasteiger charge is 2.43. The van der Waals surface area contributed by atoms with E-state index in [0.717, 1.165) is 6.07 Å². The van der Waals surface area contributed by atoms with Crippen LogP contribution < -0.4 is 4.90 Å². The zero-order chi connectivity index (χ0) is 23.1. The smallest absolute Gasteiger partial charge is 0.352 e. The van der Waals surface area contributed by atoms with Crippen LogP contribution in [0.25, 0.3) is 5.65 Å². The average Bonchev–Trinajstić information content (AvgIpc) is 3.20. The number of hydrogen-bond acceptors (Lipinski definition) is 5. The van der Waals surface area contributed by atoms with Crippen molar-refractivity contribution in [1.82, 2.24) is 24.7 Å². The second-order valence-corrected chi connectivity index (χ2v) is 7.25. The van der Waals surface area contributed by atoms with Crippen LogP contribution in [0.5, 0.6) is 0 Å². The van der Waals surface area contributed by atoms with Gasteiger partial charge in [0, 0.05) is 26.2 Å². The minimum Gasteiger partial charge on any atom is -0.352 e. The zero-order valence-corrected chi connectivity index (χ0v) is 16.4. The fraction of sp³-hybridized carbons (Fsp3) is 0.368. The molecule has 13 heteroatoms. The number of anilines is 1. The van der Waals surface area contributed by atoms with Gasteiger partial charge in [-0.05, 0) is 29.8 Å². The first-order valence-corrected chi connectivity index (χ1v) is 9.49. The van der Waals surface area contributed by atoms with Gasteiger partial charge in [-0.3, -0.25) is 4.79 Å². The van der Waals surface area contributed by atoms with E-state index in [9.17, 15) is 31.1 Å². The lowest BCUT2D eigenvalue weighted by atomic mass is 10.0. The molecule has 1 aromatic carbocycles. The lowest BCUT2D eigenvalue weighted by Crippen LogP contribution is -2.49. The van der Waals surface area contributed by atoms with Crippen LogP contribution in [0.3, 0.4) is 0 Å². The number of piperazine rings is 1. The standard InChI is InChI=1S/C19H16F6N6O/c20-18(21,22)13-2-1-12(9-14(13)19(23,24)25)10-17(32)30-7-5-29(6-8-30)16-4-3-15-27-26-11-31(15)28-16/h1-4,9,11H,5-8,10H2. The highest BCUT2D eigenvalue weighted by molar-refractivity contribution is 5.79. The second-order valence-electron chi connectivity index (χ2n) is 7.25. The molecule has 0 atom stereocenters. The molecule has 0 bridgehead atoms. The Morgan fingerprint density at radius 3 is 2.25 bits per heavy atom. The number of amides is 1. The van der Waals surface area contributed by atoms with Crippen molar-refractivity contribution in [1.29, 1.82) is 0 Å². The molecule has 3 heterocycles. The number of carbonyl (C=O) groups excluding carboxylic acids is 1. The summed E-state index contributed by atoms with van der Waals surface area (Å²) >= 11 is 0. The topological polar surface area (TPSA) is 66.6 Å². The number of halogens is 6. The van der Waals surface area contributed by atoms with Gasteiger partial charge in [0.05, 0.1) is 17.5 Å². The van der Waals surface area contributed by atoms with E-state index in [1.807, 2.05) is 4.90 Å². The highest BCUT2D eigenvalue weighted by atomic mass is 19.4. The first-order chi connectivity index (χ1) is 15.0. The van der Waals surface area contributed by atoms with Gasteiger partial charge in [0.2, 0.25) is 5.91 Å². The summed E-state index contributed by atoms with van der Waals surface area (Å²) in [7, 11) is 0. The van der Waals surface area contributed by atoms with Gasteiger partial charge in [0.25, 0.3) is 0 Å². The Labute approximate surface area is 177 Å². The van der Waals surface area contributed by atoms with Crippen LogP contribution in [0.2, 0.25) is 0 Å². The predicted octanol–water partition coefficient (Wildman–Crippen LogP) is 3.05. The van der Waals surface area contributed by atoms with Gasteiger partial charge >= 0.3 is 12.4 Å². The van der Waals surface area contributed by atoms with Gasteiger partial charge in [-0.2, -0.15) is 30.9 Å². The molecule has 0 saturated carbocycles. The normalized spacial score (nSPS) is 15.4. The summed E-state index contributed by atoms with van der Waals surface area (Å²) in [6.45, 7) is 1.47. The van der Waals surface area contributed by atoms with Crippen molar-refractivity contribution in [3.8, 4) is 0 Å². The van der Waals surface area contributed by atoms with Crippen molar-refractivity contribution in [3.05, 3.63) is 53.3 Å². The van der Waals surface area contributed by atoms with Crippen LogP contribution in [0.15, 0.2) is 36.7 Å². The van der Waals surface area contributed by atoms with E-state index < -0.39 is 35.8 Å². The minimum atomic E-state index is -5.19. The molecule has 1 amide bonds. The highest BCUT2D eigenvalue weighted by Crippen LogP contribution is 2.40. The largest absolute Gasteiger partial charge is 0.417 e. The Morgan fingerprint density at radius 2 is 1.59 bits per heavy atom. The molecule has 0 N–H and O–H groups in total. The fourth-order valence-electron chi connectivity index (χ4n) is 3.54. The SMILES string of the molecule is O=C(Cc1ccc(C(F)(F)F)c(C(F)(F)F)c1)N1CCN(c2ccc3nncn3n2)CC1. The van der Waals surface area contributed by atoms with Gasteiger partial charge in [-0.25, -0.2) is 0 Å². The number of rotatable bonds is 3. The molecule has 2 aromatic heterocycles. The molecule has 0 spiro atoms. The molecule has 1 fully saturated rings. The van der Waals surface area contributed by atoms with Crippen molar-refractivity contribution >= 4 is 17.4 Å². The van der Waals surface area contributed by atoms with Crippen molar-refractivity contribution < 1.29 is 31.1 Å². The maximum atomic E-state index is 13.1. The summed E-state index contributed by atoms with van der Waals surface area (Å²) in [5, 5.41) is 12.0. The summed E-state index contributed by atoms with van der Waals surface area (Å²) in [5.41, 5.74) is -3.11. The Kier molecular flexibility index (Phi) is 5.42. The molecular weight excluding hydrogens is 442 g/mol. The molecule has 3 aromatic rings. The molecule has 1 aliphatic rings. The summed E-state index contributed by atoms with van der Waals surface area (Å²) in [6.07, 6.45) is -9.30. The van der Waals surface area contributed by atoms with E-state index in [-0.39, 0.29) is 5.56 Å².